The number of hydrogen-bond acceptors (Lipinski definition) is 2. The Balaban J connectivity index is 5.17. The lowest BCUT2D eigenvalue weighted by Gasteiger charge is -2.01. The highest BCUT2D eigenvalue weighted by molar-refractivity contribution is 6.11. The zero-order valence-corrected chi connectivity index (χ0v) is 8.97. The van der Waals surface area contributed by atoms with Gasteiger partial charge in [0.1, 0.15) is 6.07 Å². The second kappa shape index (κ2) is 5.31. The number of nitriles is 1. The van der Waals surface area contributed by atoms with Crippen molar-refractivity contribution in [3.63, 3.8) is 0 Å². The van der Waals surface area contributed by atoms with E-state index in [9.17, 15) is 0 Å². The molecule has 70 valence electrons. The molecule has 2 heteroatoms. The van der Waals surface area contributed by atoms with Crippen LogP contribution in [0, 0.1) is 11.3 Å². The molecule has 13 heavy (non-hydrogen) atoms. The first kappa shape index (κ1) is 11.6. The van der Waals surface area contributed by atoms with Crippen molar-refractivity contribution in [2.75, 3.05) is 7.05 Å². The molecule has 0 heterocycles. The maximum Gasteiger partial charge on any atom is 0.101 e. The molecule has 0 bridgehead atoms. The summed E-state index contributed by atoms with van der Waals surface area (Å²) in [5.41, 5.74) is 3.58. The van der Waals surface area contributed by atoms with Crippen LogP contribution in [0.3, 0.4) is 0 Å². The van der Waals surface area contributed by atoms with Gasteiger partial charge < -0.3 is 0 Å². The van der Waals surface area contributed by atoms with Crippen LogP contribution in [0.2, 0.25) is 0 Å². The number of nitrogens with zero attached hydrogens (tertiary/aromatic N) is 2. The lowest BCUT2D eigenvalue weighted by atomic mass is 10.1. The van der Waals surface area contributed by atoms with Crippen molar-refractivity contribution in [1.29, 1.82) is 5.26 Å². The highest BCUT2D eigenvalue weighted by Gasteiger charge is 2.03. The highest BCUT2D eigenvalue weighted by atomic mass is 14.7. The van der Waals surface area contributed by atoms with Gasteiger partial charge >= 0.3 is 0 Å². The molecule has 0 fully saturated rings. The molecule has 0 amide bonds. The fourth-order valence-corrected chi connectivity index (χ4v) is 0.947. The van der Waals surface area contributed by atoms with Crippen molar-refractivity contribution in [1.82, 2.24) is 0 Å². The van der Waals surface area contributed by atoms with Crippen LogP contribution in [-0.4, -0.2) is 12.8 Å². The van der Waals surface area contributed by atoms with Crippen LogP contribution < -0.4 is 0 Å². The summed E-state index contributed by atoms with van der Waals surface area (Å²) in [7, 11) is 1.70. The normalized spacial score (nSPS) is 10.3. The van der Waals surface area contributed by atoms with Crippen LogP contribution in [0.15, 0.2) is 27.8 Å². The number of aliphatic imine (C=N–C) groups is 1. The number of rotatable bonds is 2. The third-order valence-corrected chi connectivity index (χ3v) is 1.53. The molecule has 0 radical (unpaired) electrons. The summed E-state index contributed by atoms with van der Waals surface area (Å²) >= 11 is 0. The van der Waals surface area contributed by atoms with Gasteiger partial charge in [0.05, 0.1) is 11.3 Å². The standard InChI is InChI=1S/C11H16N2/c1-8(2)6-11(13-5)10(7-12)9(3)4/h6H,1-5H3. The number of allylic oxidation sites excluding steroid dienone is 4. The quantitative estimate of drug-likeness (QED) is 0.470. The molecule has 0 aliphatic heterocycles. The molecule has 0 aliphatic carbocycles. The van der Waals surface area contributed by atoms with E-state index in [4.69, 9.17) is 5.26 Å². The van der Waals surface area contributed by atoms with Gasteiger partial charge in [0, 0.05) is 7.05 Å². The Morgan fingerprint density at radius 1 is 1.23 bits per heavy atom. The first-order chi connectivity index (χ1) is 6.02. The van der Waals surface area contributed by atoms with Gasteiger partial charge in [-0.25, -0.2) is 0 Å². The molecule has 0 saturated heterocycles. The molecule has 0 aromatic carbocycles. The summed E-state index contributed by atoms with van der Waals surface area (Å²) in [6.45, 7) is 7.82. The van der Waals surface area contributed by atoms with Crippen molar-refractivity contribution < 1.29 is 0 Å². The molecule has 0 spiro atoms. The van der Waals surface area contributed by atoms with E-state index < -0.39 is 0 Å². The van der Waals surface area contributed by atoms with Gasteiger partial charge in [0.25, 0.3) is 0 Å². The molecule has 0 rings (SSSR count). The topological polar surface area (TPSA) is 36.1 Å². The molecular formula is C11H16N2. The molecule has 0 aromatic rings. The van der Waals surface area contributed by atoms with Crippen molar-refractivity contribution >= 4 is 5.71 Å². The Morgan fingerprint density at radius 3 is 2.00 bits per heavy atom. The molecule has 0 saturated carbocycles. The Morgan fingerprint density at radius 2 is 1.77 bits per heavy atom. The minimum Gasteiger partial charge on any atom is -0.287 e. The van der Waals surface area contributed by atoms with Crippen molar-refractivity contribution in [3.05, 3.63) is 22.8 Å². The first-order valence-corrected chi connectivity index (χ1v) is 4.22. The maximum absolute atomic E-state index is 8.89. The fourth-order valence-electron chi connectivity index (χ4n) is 0.947. The average Bonchev–Trinajstić information content (AvgIpc) is 2.02. The monoisotopic (exact) mass is 176 g/mol. The Bertz CT molecular complexity index is 303. The van der Waals surface area contributed by atoms with Gasteiger partial charge in [0.15, 0.2) is 0 Å². The van der Waals surface area contributed by atoms with Crippen molar-refractivity contribution in [2.45, 2.75) is 27.7 Å². The summed E-state index contributed by atoms with van der Waals surface area (Å²) in [6, 6.07) is 2.16. The van der Waals surface area contributed by atoms with E-state index in [1.165, 1.54) is 0 Å². The average molecular weight is 176 g/mol. The summed E-state index contributed by atoms with van der Waals surface area (Å²) < 4.78 is 0. The van der Waals surface area contributed by atoms with Gasteiger partial charge in [-0.3, -0.25) is 4.99 Å². The SMILES string of the molecule is CN=C(C=C(C)C)C(C#N)=C(C)C. The smallest absolute Gasteiger partial charge is 0.101 e. The second-order valence-corrected chi connectivity index (χ2v) is 3.32. The van der Waals surface area contributed by atoms with Gasteiger partial charge in [-0.2, -0.15) is 5.26 Å². The van der Waals surface area contributed by atoms with E-state index in [-0.39, 0.29) is 0 Å². The minimum atomic E-state index is 0.670. The van der Waals surface area contributed by atoms with Crippen LogP contribution in [0.1, 0.15) is 27.7 Å². The Hall–Kier alpha value is -1.36. The zero-order chi connectivity index (χ0) is 10.4. The van der Waals surface area contributed by atoms with Gasteiger partial charge in [-0.15, -0.1) is 0 Å². The summed E-state index contributed by atoms with van der Waals surface area (Å²) in [5.74, 6) is 0. The maximum atomic E-state index is 8.89. The van der Waals surface area contributed by atoms with Gasteiger partial charge in [0.2, 0.25) is 0 Å². The highest BCUT2D eigenvalue weighted by Crippen LogP contribution is 2.07. The van der Waals surface area contributed by atoms with Crippen LogP contribution >= 0.6 is 0 Å². The van der Waals surface area contributed by atoms with Crippen molar-refractivity contribution in [3.8, 4) is 6.07 Å². The van der Waals surface area contributed by atoms with Gasteiger partial charge in [-0.05, 0) is 33.8 Å². The zero-order valence-electron chi connectivity index (χ0n) is 8.97. The predicted molar refractivity (Wildman–Crippen MR) is 56.8 cm³/mol. The first-order valence-electron chi connectivity index (χ1n) is 4.22. The van der Waals surface area contributed by atoms with E-state index in [1.807, 2.05) is 33.8 Å². The minimum absolute atomic E-state index is 0.670. The number of hydrogen-bond donors (Lipinski definition) is 0. The van der Waals surface area contributed by atoms with E-state index in [1.54, 1.807) is 7.05 Å². The molecule has 0 unspecified atom stereocenters. The van der Waals surface area contributed by atoms with E-state index >= 15 is 0 Å². The fraction of sp³-hybridized carbons (Fsp3) is 0.455. The molecule has 0 N–H and O–H groups in total. The van der Waals surface area contributed by atoms with Gasteiger partial charge in [-0.1, -0.05) is 11.1 Å². The Kier molecular flexibility index (Phi) is 4.76. The largest absolute Gasteiger partial charge is 0.287 e. The van der Waals surface area contributed by atoms with E-state index in [0.717, 1.165) is 16.9 Å². The predicted octanol–water partition coefficient (Wildman–Crippen LogP) is 2.88. The third kappa shape index (κ3) is 3.71. The molecular weight excluding hydrogens is 160 g/mol. The molecule has 2 nitrogen and oxygen atoms in total. The van der Waals surface area contributed by atoms with E-state index in [0.29, 0.717) is 5.57 Å². The third-order valence-electron chi connectivity index (χ3n) is 1.53. The van der Waals surface area contributed by atoms with Crippen LogP contribution in [-0.2, 0) is 0 Å². The summed E-state index contributed by atoms with van der Waals surface area (Å²) in [5, 5.41) is 8.89. The lowest BCUT2D eigenvalue weighted by molar-refractivity contribution is 1.32. The van der Waals surface area contributed by atoms with Crippen LogP contribution in [0.25, 0.3) is 0 Å². The van der Waals surface area contributed by atoms with Crippen LogP contribution in [0.4, 0.5) is 0 Å². The van der Waals surface area contributed by atoms with Crippen molar-refractivity contribution in [2.24, 2.45) is 4.99 Å². The lowest BCUT2D eigenvalue weighted by Crippen LogP contribution is -2.00. The van der Waals surface area contributed by atoms with E-state index in [2.05, 4.69) is 11.1 Å². The summed E-state index contributed by atoms with van der Waals surface area (Å²) in [6.07, 6.45) is 1.92. The molecule has 0 aliphatic rings. The molecule has 0 aromatic heterocycles. The van der Waals surface area contributed by atoms with Crippen LogP contribution in [0.5, 0.6) is 0 Å². The summed E-state index contributed by atoms with van der Waals surface area (Å²) in [4.78, 5) is 4.08. The Labute approximate surface area is 80.3 Å². The molecule has 0 atom stereocenters. The second-order valence-electron chi connectivity index (χ2n) is 3.32.